The first kappa shape index (κ1) is 18.0. The van der Waals surface area contributed by atoms with Crippen molar-refractivity contribution in [3.05, 3.63) is 29.8 Å². The minimum absolute atomic E-state index is 0.0546. The van der Waals surface area contributed by atoms with Gasteiger partial charge in [0.15, 0.2) is 9.84 Å². The van der Waals surface area contributed by atoms with Crippen LogP contribution in [0, 0.1) is 12.8 Å². The van der Waals surface area contributed by atoms with Gasteiger partial charge in [-0.25, -0.2) is 13.2 Å². The summed E-state index contributed by atoms with van der Waals surface area (Å²) in [6.45, 7) is 4.38. The van der Waals surface area contributed by atoms with Crippen molar-refractivity contribution in [2.45, 2.75) is 32.2 Å². The smallest absolute Gasteiger partial charge is 0.315 e. The van der Waals surface area contributed by atoms with Crippen LogP contribution >= 0.6 is 0 Å². The highest BCUT2D eigenvalue weighted by Gasteiger charge is 2.28. The maximum Gasteiger partial charge on any atom is 0.315 e. The lowest BCUT2D eigenvalue weighted by Crippen LogP contribution is -2.48. The van der Waals surface area contributed by atoms with Crippen LogP contribution in [0.1, 0.15) is 24.8 Å². The molecule has 0 aliphatic carbocycles. The quantitative estimate of drug-likeness (QED) is 0.851. The van der Waals surface area contributed by atoms with Crippen molar-refractivity contribution in [1.82, 2.24) is 10.6 Å². The topological polar surface area (TPSA) is 78.5 Å². The molecule has 6 nitrogen and oxygen atoms in total. The third-order valence-electron chi connectivity index (χ3n) is 5.08. The largest absolute Gasteiger partial charge is 0.371 e. The molecule has 2 aliphatic heterocycles. The number of carbonyl (C=O) groups excluding carboxylic acids is 1. The zero-order valence-corrected chi connectivity index (χ0v) is 15.5. The van der Waals surface area contributed by atoms with E-state index in [4.69, 9.17) is 0 Å². The SMILES string of the molecule is Cc1cccc(N2CCC(NC(=O)NCC3CCS(=O)(=O)C3)CC2)c1. The molecular weight excluding hydrogens is 338 g/mol. The number of amides is 2. The molecule has 2 amide bonds. The Hall–Kier alpha value is -1.76. The van der Waals surface area contributed by atoms with E-state index in [-0.39, 0.29) is 29.5 Å². The predicted octanol–water partition coefficient (Wildman–Crippen LogP) is 1.70. The highest BCUT2D eigenvalue weighted by atomic mass is 32.2. The Morgan fingerprint density at radius 2 is 2.00 bits per heavy atom. The van der Waals surface area contributed by atoms with Gasteiger partial charge in [0.1, 0.15) is 0 Å². The van der Waals surface area contributed by atoms with Crippen molar-refractivity contribution in [3.63, 3.8) is 0 Å². The number of aryl methyl sites for hydroxylation is 1. The summed E-state index contributed by atoms with van der Waals surface area (Å²) in [5.74, 6) is 0.500. The third kappa shape index (κ3) is 5.11. The van der Waals surface area contributed by atoms with Gasteiger partial charge in [0, 0.05) is 31.4 Å². The minimum Gasteiger partial charge on any atom is -0.371 e. The van der Waals surface area contributed by atoms with Gasteiger partial charge in [-0.15, -0.1) is 0 Å². The number of carbonyl (C=O) groups is 1. The summed E-state index contributed by atoms with van der Waals surface area (Å²) in [6, 6.07) is 8.48. The highest BCUT2D eigenvalue weighted by Crippen LogP contribution is 2.21. The van der Waals surface area contributed by atoms with Gasteiger partial charge in [-0.05, 0) is 49.8 Å². The second-order valence-corrected chi connectivity index (χ2v) is 9.45. The lowest BCUT2D eigenvalue weighted by Gasteiger charge is -2.34. The van der Waals surface area contributed by atoms with Crippen LogP contribution in [0.25, 0.3) is 0 Å². The van der Waals surface area contributed by atoms with Gasteiger partial charge in [0.2, 0.25) is 0 Å². The normalized spacial score (nSPS) is 23.4. The van der Waals surface area contributed by atoms with Crippen molar-refractivity contribution in [2.75, 3.05) is 36.0 Å². The highest BCUT2D eigenvalue weighted by molar-refractivity contribution is 7.91. The van der Waals surface area contributed by atoms with Crippen LogP contribution in [0.5, 0.6) is 0 Å². The van der Waals surface area contributed by atoms with E-state index in [1.807, 2.05) is 0 Å². The molecule has 1 unspecified atom stereocenters. The molecule has 2 aliphatic rings. The standard InChI is InChI=1S/C18H27N3O3S/c1-14-3-2-4-17(11-14)21-8-5-16(6-9-21)20-18(22)19-12-15-7-10-25(23,24)13-15/h2-4,11,15-16H,5-10,12-13H2,1H3,(H2,19,20,22). The van der Waals surface area contributed by atoms with Crippen molar-refractivity contribution in [2.24, 2.45) is 5.92 Å². The van der Waals surface area contributed by atoms with Gasteiger partial charge in [-0.3, -0.25) is 0 Å². The molecule has 2 fully saturated rings. The van der Waals surface area contributed by atoms with E-state index in [0.29, 0.717) is 13.0 Å². The molecule has 1 aromatic carbocycles. The van der Waals surface area contributed by atoms with Crippen LogP contribution in [0.3, 0.4) is 0 Å². The van der Waals surface area contributed by atoms with Crippen LogP contribution in [0.2, 0.25) is 0 Å². The molecule has 2 heterocycles. The first-order chi connectivity index (χ1) is 11.9. The van der Waals surface area contributed by atoms with E-state index >= 15 is 0 Å². The zero-order valence-electron chi connectivity index (χ0n) is 14.7. The second kappa shape index (κ2) is 7.64. The summed E-state index contributed by atoms with van der Waals surface area (Å²) in [6.07, 6.45) is 2.48. The first-order valence-corrected chi connectivity index (χ1v) is 10.8. The van der Waals surface area contributed by atoms with Gasteiger partial charge in [0.05, 0.1) is 11.5 Å². The molecule has 0 spiro atoms. The number of nitrogens with one attached hydrogen (secondary N) is 2. The summed E-state index contributed by atoms with van der Waals surface area (Å²) in [5, 5.41) is 5.85. The van der Waals surface area contributed by atoms with E-state index in [1.54, 1.807) is 0 Å². The molecule has 0 aromatic heterocycles. The van der Waals surface area contributed by atoms with E-state index in [9.17, 15) is 13.2 Å². The van der Waals surface area contributed by atoms with Crippen LogP contribution in [0.15, 0.2) is 24.3 Å². The second-order valence-electron chi connectivity index (χ2n) is 7.22. The lowest BCUT2D eigenvalue weighted by molar-refractivity contribution is 0.233. The Morgan fingerprint density at radius 3 is 2.64 bits per heavy atom. The molecule has 2 N–H and O–H groups in total. The average Bonchev–Trinajstić information content (AvgIpc) is 2.93. The summed E-state index contributed by atoms with van der Waals surface area (Å²) in [5.41, 5.74) is 2.50. The van der Waals surface area contributed by atoms with Gasteiger partial charge in [-0.2, -0.15) is 0 Å². The Balaban J connectivity index is 1.39. The van der Waals surface area contributed by atoms with Gasteiger partial charge in [-0.1, -0.05) is 12.1 Å². The van der Waals surface area contributed by atoms with Gasteiger partial charge in [0.25, 0.3) is 0 Å². The predicted molar refractivity (Wildman–Crippen MR) is 99.7 cm³/mol. The first-order valence-electron chi connectivity index (χ1n) is 8.98. The Bertz CT molecular complexity index is 712. The molecule has 3 rings (SSSR count). The molecule has 0 radical (unpaired) electrons. The van der Waals surface area contributed by atoms with Crippen molar-refractivity contribution >= 4 is 21.6 Å². The Labute approximate surface area is 149 Å². The molecule has 0 saturated carbocycles. The molecule has 25 heavy (non-hydrogen) atoms. The number of anilines is 1. The van der Waals surface area contributed by atoms with E-state index < -0.39 is 9.84 Å². The molecule has 1 aromatic rings. The molecule has 7 heteroatoms. The number of piperidine rings is 1. The number of hydrogen-bond donors (Lipinski definition) is 2. The number of hydrogen-bond acceptors (Lipinski definition) is 4. The number of rotatable bonds is 4. The van der Waals surface area contributed by atoms with Gasteiger partial charge >= 0.3 is 6.03 Å². The molecule has 2 saturated heterocycles. The fourth-order valence-electron chi connectivity index (χ4n) is 3.61. The molecule has 1 atom stereocenters. The van der Waals surface area contributed by atoms with Crippen LogP contribution in [-0.4, -0.2) is 51.6 Å². The molecule has 0 bridgehead atoms. The van der Waals surface area contributed by atoms with Gasteiger partial charge < -0.3 is 15.5 Å². The maximum atomic E-state index is 12.0. The lowest BCUT2D eigenvalue weighted by atomic mass is 10.0. The van der Waals surface area contributed by atoms with Crippen LogP contribution < -0.4 is 15.5 Å². The summed E-state index contributed by atoms with van der Waals surface area (Å²) >= 11 is 0. The van der Waals surface area contributed by atoms with Crippen molar-refractivity contribution in [1.29, 1.82) is 0 Å². The third-order valence-corrected chi connectivity index (χ3v) is 6.91. The van der Waals surface area contributed by atoms with E-state index in [0.717, 1.165) is 25.9 Å². The number of benzene rings is 1. The van der Waals surface area contributed by atoms with Crippen LogP contribution in [-0.2, 0) is 9.84 Å². The molecular formula is C18H27N3O3S. The fourth-order valence-corrected chi connectivity index (χ4v) is 5.48. The zero-order chi connectivity index (χ0) is 17.9. The average molecular weight is 365 g/mol. The summed E-state index contributed by atoms with van der Waals surface area (Å²) in [7, 11) is -2.88. The maximum absolute atomic E-state index is 12.0. The fraction of sp³-hybridized carbons (Fsp3) is 0.611. The number of urea groups is 1. The number of nitrogens with zero attached hydrogens (tertiary/aromatic N) is 1. The van der Waals surface area contributed by atoms with E-state index in [2.05, 4.69) is 46.7 Å². The van der Waals surface area contributed by atoms with E-state index in [1.165, 1.54) is 11.3 Å². The summed E-state index contributed by atoms with van der Waals surface area (Å²) in [4.78, 5) is 14.4. The summed E-state index contributed by atoms with van der Waals surface area (Å²) < 4.78 is 22.9. The Kier molecular flexibility index (Phi) is 5.51. The number of sulfone groups is 1. The Morgan fingerprint density at radius 1 is 1.24 bits per heavy atom. The van der Waals surface area contributed by atoms with Crippen molar-refractivity contribution < 1.29 is 13.2 Å². The van der Waals surface area contributed by atoms with Crippen LogP contribution in [0.4, 0.5) is 10.5 Å². The minimum atomic E-state index is -2.88. The van der Waals surface area contributed by atoms with Crippen molar-refractivity contribution in [3.8, 4) is 0 Å². The monoisotopic (exact) mass is 365 g/mol. The molecule has 138 valence electrons.